The zero-order valence-corrected chi connectivity index (χ0v) is 62.5. The summed E-state index contributed by atoms with van der Waals surface area (Å²) in [6.45, 7) is 0. The Bertz CT molecular complexity index is 848. The van der Waals surface area contributed by atoms with Gasteiger partial charge in [0, 0.05) is 0 Å². The van der Waals surface area contributed by atoms with Gasteiger partial charge in [-0.1, -0.05) is 0 Å². The lowest BCUT2D eigenvalue weighted by atomic mass is 15.7. The van der Waals surface area contributed by atoms with Crippen LogP contribution in [-0.2, 0) is 0 Å². The van der Waals surface area contributed by atoms with Crippen LogP contribution in [0.1, 0.15) is 0 Å². The maximum atomic E-state index is 7.33. The Balaban J connectivity index is -0.0000000378. The summed E-state index contributed by atoms with van der Waals surface area (Å²) in [4.78, 5) is 557. The fourth-order valence-electron chi connectivity index (χ4n) is 0. The first-order valence-electron chi connectivity index (χ1n) is 17.0. The topological polar surface area (TPSA) is 1540 Å². The average Bonchev–Trinajstić information content (AvgIpc) is 2.83. The monoisotopic (exact) mass is 1820 g/mol. The molecule has 0 aliphatic rings. The van der Waals surface area contributed by atoms with Gasteiger partial charge in [0.25, 0.3) is 0 Å². The van der Waals surface area contributed by atoms with Crippen molar-refractivity contribution in [3.63, 3.8) is 0 Å². The lowest BCUT2D eigenvalue weighted by molar-refractivity contribution is 0.115. The van der Waals surface area contributed by atoms with E-state index >= 15 is 0 Å². The summed E-state index contributed by atoms with van der Waals surface area (Å²) in [6, 6.07) is 0. The summed E-state index contributed by atoms with van der Waals surface area (Å²) in [7, 11) is -87.6. The summed E-state index contributed by atoms with van der Waals surface area (Å²) >= 11 is 0. The molecule has 0 saturated carbocycles. The van der Waals surface area contributed by atoms with Crippen molar-refractivity contribution in [1.82, 2.24) is 0 Å². The Kier molecular flexibility index (Phi) is 97.8. The highest BCUT2D eigenvalue weighted by molar-refractivity contribution is 6.51. The van der Waals surface area contributed by atoms with Crippen molar-refractivity contribution in [2.75, 3.05) is 0 Å². The highest BCUT2D eigenvalue weighted by atomic mass is 28.4. The molecule has 0 amide bonds. The van der Waals surface area contributed by atoms with Gasteiger partial charge in [0.05, 0.1) is 0 Å². The van der Waals surface area contributed by atoms with Crippen LogP contribution >= 0.6 is 0 Å². The zero-order valence-electron chi connectivity index (χ0n) is 43.5. The Hall–Kier alpha value is 1.08. The SMILES string of the molecule is O[Si](O)(O)O.O[Si](O)(O)O.O[Si](O)(O)O.O[Si](O)(O)O.O[Si](O)(O)O.O[Si](O)(O)O.O[Si](O)(O)O.O[Si](O)(O)O.O[Si](O)(O)O.O[Si](O)(O)O.O[Si](O)(O)O.O[Si](O)(O)O.O[Si](O)(O)O.O[Si](O)(O)O.O[Si](O)(O)O.O[Si](O)(O)O.O[Si](O)(O)O.O[Si](O)(O)O.O[Si](O)(O)O. The molecule has 76 N–H and O–H groups in total. The predicted molar refractivity (Wildman–Crippen MR) is 278 cm³/mol. The smallest absolute Gasteiger partial charge is 0.368 e. The third kappa shape index (κ3) is 705000. The Morgan fingerprint density at radius 3 is 0.0421 bits per heavy atom. The quantitative estimate of drug-likeness (QED) is 0.100. The minimum absolute atomic E-state index is 4.61. The van der Waals surface area contributed by atoms with Crippen molar-refractivity contribution in [3.05, 3.63) is 0 Å². The van der Waals surface area contributed by atoms with Gasteiger partial charge in [0.1, 0.15) is 0 Å². The molecular weight excluding hydrogens is 1750 g/mol. The Morgan fingerprint density at radius 1 is 0.0421 bits per heavy atom. The van der Waals surface area contributed by atoms with Gasteiger partial charge in [-0.3, -0.25) is 0 Å². The van der Waals surface area contributed by atoms with Gasteiger partial charge in [-0.2, -0.15) is 0 Å². The largest absolute Gasteiger partial charge is 0.668 e. The molecule has 608 valence electrons. The molecule has 95 heavy (non-hydrogen) atoms. The molecule has 0 radical (unpaired) electrons. The summed E-state index contributed by atoms with van der Waals surface area (Å²) < 4.78 is 0. The third-order valence-corrected chi connectivity index (χ3v) is 0. The summed E-state index contributed by atoms with van der Waals surface area (Å²) in [6.07, 6.45) is 0. The van der Waals surface area contributed by atoms with E-state index in [4.69, 9.17) is 364 Å². The first-order chi connectivity index (χ1) is 38.0. The van der Waals surface area contributed by atoms with Crippen LogP contribution in [0.15, 0.2) is 0 Å². The van der Waals surface area contributed by atoms with E-state index < -0.39 is 172 Å². The Morgan fingerprint density at radius 2 is 0.0421 bits per heavy atom. The van der Waals surface area contributed by atoms with Gasteiger partial charge in [-0.25, -0.2) is 0 Å². The normalized spacial score (nSPS) is 12.0. The Labute approximate surface area is 534 Å². The summed E-state index contributed by atoms with van der Waals surface area (Å²) in [5.74, 6) is 0. The molecule has 0 bridgehead atoms. The van der Waals surface area contributed by atoms with Gasteiger partial charge in [0.2, 0.25) is 0 Å². The highest BCUT2D eigenvalue weighted by Crippen LogP contribution is 1.75. The summed E-state index contributed by atoms with van der Waals surface area (Å²) in [5.41, 5.74) is 0. The first kappa shape index (κ1) is 146. The number of rotatable bonds is 0. The minimum Gasteiger partial charge on any atom is -0.368 e. The van der Waals surface area contributed by atoms with Crippen LogP contribution in [0.2, 0.25) is 0 Å². The van der Waals surface area contributed by atoms with Gasteiger partial charge >= 0.3 is 172 Å². The second kappa shape index (κ2) is 63.5. The van der Waals surface area contributed by atoms with Gasteiger partial charge in [0.15, 0.2) is 0 Å². The average molecular weight is 1830 g/mol. The van der Waals surface area contributed by atoms with Gasteiger partial charge in [-0.05, 0) is 0 Å². The molecule has 0 atom stereocenters. The van der Waals surface area contributed by atoms with Crippen LogP contribution in [0, 0.1) is 0 Å². The second-order valence-electron chi connectivity index (χ2n) is 11.4. The molecule has 0 heterocycles. The van der Waals surface area contributed by atoms with E-state index in [0.29, 0.717) is 0 Å². The molecule has 95 heteroatoms. The standard InChI is InChI=1S/19H4O4Si/c19*1-5(2,3)4/h19*1-4H. The van der Waals surface area contributed by atoms with E-state index in [1.165, 1.54) is 0 Å². The van der Waals surface area contributed by atoms with Crippen LogP contribution in [0.5, 0.6) is 0 Å². The molecule has 0 aromatic carbocycles. The molecule has 0 aliphatic carbocycles. The fraction of sp³-hybridized carbons (Fsp3) is 0. The number of hydrogen-bond acceptors (Lipinski definition) is 76. The second-order valence-corrected chi connectivity index (χ2v) is 34.2. The first-order valence-corrected chi connectivity index (χ1v) is 51.0. The van der Waals surface area contributed by atoms with Crippen LogP contribution in [0.4, 0.5) is 0 Å². The van der Waals surface area contributed by atoms with Crippen LogP contribution < -0.4 is 0 Å². The highest BCUT2D eigenvalue weighted by Gasteiger charge is 2.29. The lowest BCUT2D eigenvalue weighted by Gasteiger charge is -1.91. The lowest BCUT2D eigenvalue weighted by Crippen LogP contribution is -2.33. The molecule has 0 aromatic rings. The minimum atomic E-state index is -4.61. The van der Waals surface area contributed by atoms with E-state index in [-0.39, 0.29) is 0 Å². The molecule has 0 aromatic heterocycles. The van der Waals surface area contributed by atoms with Gasteiger partial charge in [-0.15, -0.1) is 0 Å². The van der Waals surface area contributed by atoms with Crippen molar-refractivity contribution in [2.45, 2.75) is 0 Å². The van der Waals surface area contributed by atoms with Crippen molar-refractivity contribution in [1.29, 1.82) is 0 Å². The van der Waals surface area contributed by atoms with Crippen LogP contribution in [-0.4, -0.2) is 536 Å². The van der Waals surface area contributed by atoms with E-state index in [1.54, 1.807) is 0 Å². The molecule has 0 aliphatic heterocycles. The molecule has 0 saturated heterocycles. The van der Waals surface area contributed by atoms with Crippen LogP contribution in [0.25, 0.3) is 0 Å². The van der Waals surface area contributed by atoms with E-state index in [0.717, 1.165) is 0 Å². The van der Waals surface area contributed by atoms with Crippen LogP contribution in [0.3, 0.4) is 0 Å². The molecule has 76 nitrogen and oxygen atoms in total. The predicted octanol–water partition coefficient (Wildman–Crippen LogP) is -49.6. The molecular formula is H76O76Si19. The van der Waals surface area contributed by atoms with Crippen molar-refractivity contribution >= 4 is 172 Å². The van der Waals surface area contributed by atoms with Crippen molar-refractivity contribution in [2.24, 2.45) is 0 Å². The molecule has 0 spiro atoms. The van der Waals surface area contributed by atoms with Gasteiger partial charge < -0.3 is 364 Å². The van der Waals surface area contributed by atoms with E-state index in [2.05, 4.69) is 0 Å². The molecule has 0 unspecified atom stereocenters. The fourth-order valence-corrected chi connectivity index (χ4v) is 0. The maximum Gasteiger partial charge on any atom is 0.668 e. The zero-order chi connectivity index (χ0) is 85.5. The number of hydrogen-bond donors (Lipinski definition) is 76. The third-order valence-electron chi connectivity index (χ3n) is 0. The maximum absolute atomic E-state index is 7.33. The van der Waals surface area contributed by atoms with Crippen molar-refractivity contribution < 1.29 is 364 Å². The van der Waals surface area contributed by atoms with Crippen molar-refractivity contribution in [3.8, 4) is 0 Å². The molecule has 0 fully saturated rings. The van der Waals surface area contributed by atoms with E-state index in [9.17, 15) is 0 Å². The van der Waals surface area contributed by atoms with E-state index in [1.807, 2.05) is 0 Å². The summed E-state index contributed by atoms with van der Waals surface area (Å²) in [5, 5.41) is 0. The molecule has 0 rings (SSSR count).